The van der Waals surface area contributed by atoms with Crippen LogP contribution in [0.5, 0.6) is 0 Å². The first-order chi connectivity index (χ1) is 10.2. The minimum Gasteiger partial charge on any atom is -0.258 e. The summed E-state index contributed by atoms with van der Waals surface area (Å²) in [7, 11) is -2.55. The number of nitro groups is 1. The van der Waals surface area contributed by atoms with Crippen LogP contribution >= 0.6 is 11.3 Å². The molecule has 1 aromatic carbocycles. The van der Waals surface area contributed by atoms with Gasteiger partial charge in [0.25, 0.3) is 5.69 Å². The predicted molar refractivity (Wildman–Crippen MR) is 83.3 cm³/mol. The van der Waals surface area contributed by atoms with Crippen LogP contribution in [0.2, 0.25) is 0 Å². The second-order valence-electron chi connectivity index (χ2n) is 4.83. The molecule has 1 aromatic heterocycles. The zero-order valence-corrected chi connectivity index (χ0v) is 13.9. The second kappa shape index (κ2) is 6.11. The number of nitro benzene ring substituents is 1. The molecule has 0 amide bonds. The molecule has 2 aromatic rings. The van der Waals surface area contributed by atoms with Gasteiger partial charge in [-0.1, -0.05) is 6.07 Å². The fourth-order valence-corrected chi connectivity index (χ4v) is 4.15. The zero-order chi connectivity index (χ0) is 16.5. The maximum absolute atomic E-state index is 12.6. The number of aromatic nitrogens is 1. The highest BCUT2D eigenvalue weighted by molar-refractivity contribution is 7.89. The lowest BCUT2D eigenvalue weighted by atomic mass is 10.2. The van der Waals surface area contributed by atoms with Crippen molar-refractivity contribution in [2.75, 3.05) is 7.05 Å². The van der Waals surface area contributed by atoms with E-state index in [-0.39, 0.29) is 11.4 Å². The third-order valence-electron chi connectivity index (χ3n) is 3.05. The Morgan fingerprint density at radius 1 is 1.36 bits per heavy atom. The Hall–Kier alpha value is -1.84. The maximum Gasteiger partial charge on any atom is 0.289 e. The molecule has 0 aliphatic carbocycles. The molecule has 0 radical (unpaired) electrons. The first-order valence-electron chi connectivity index (χ1n) is 6.34. The highest BCUT2D eigenvalue weighted by Gasteiger charge is 2.29. The van der Waals surface area contributed by atoms with E-state index in [1.54, 1.807) is 19.2 Å². The van der Waals surface area contributed by atoms with Gasteiger partial charge in [-0.15, -0.1) is 11.3 Å². The number of rotatable bonds is 5. The van der Waals surface area contributed by atoms with Gasteiger partial charge in [0.15, 0.2) is 4.90 Å². The molecule has 0 fully saturated rings. The third-order valence-corrected chi connectivity index (χ3v) is 5.80. The average molecular weight is 341 g/mol. The van der Waals surface area contributed by atoms with E-state index in [1.165, 1.54) is 30.5 Å². The van der Waals surface area contributed by atoms with Gasteiger partial charge in [-0.2, -0.15) is 4.31 Å². The Balaban J connectivity index is 2.39. The smallest absolute Gasteiger partial charge is 0.258 e. The van der Waals surface area contributed by atoms with E-state index in [9.17, 15) is 18.5 Å². The van der Waals surface area contributed by atoms with Crippen molar-refractivity contribution >= 4 is 27.0 Å². The molecule has 2 rings (SSSR count). The summed E-state index contributed by atoms with van der Waals surface area (Å²) in [6.45, 7) is 3.62. The summed E-state index contributed by atoms with van der Waals surface area (Å²) in [6, 6.07) is 4.08. The lowest BCUT2D eigenvalue weighted by Gasteiger charge is -2.16. The average Bonchev–Trinajstić information content (AvgIpc) is 2.83. The first kappa shape index (κ1) is 16.5. The monoisotopic (exact) mass is 341 g/mol. The standard InChI is InChI=1S/C13H15N3O4S2/c1-9-4-5-13(12(6-9)16(17)18)22(19,20)15(3)8-11-7-14-10(2)21-11/h4-7H,8H2,1-3H3. The Bertz CT molecular complexity index is 814. The Morgan fingerprint density at radius 3 is 2.59 bits per heavy atom. The molecule has 0 saturated heterocycles. The number of sulfonamides is 1. The summed E-state index contributed by atoms with van der Waals surface area (Å²) in [5.41, 5.74) is 0.221. The van der Waals surface area contributed by atoms with Crippen molar-refractivity contribution in [1.29, 1.82) is 0 Å². The summed E-state index contributed by atoms with van der Waals surface area (Å²) in [5.74, 6) is 0. The third kappa shape index (κ3) is 3.32. The fourth-order valence-electron chi connectivity index (χ4n) is 1.94. The van der Waals surface area contributed by atoms with Gasteiger partial charge in [-0.05, 0) is 25.5 Å². The molecular weight excluding hydrogens is 326 g/mol. The lowest BCUT2D eigenvalue weighted by Crippen LogP contribution is -2.26. The molecular formula is C13H15N3O4S2. The van der Waals surface area contributed by atoms with E-state index < -0.39 is 20.6 Å². The van der Waals surface area contributed by atoms with Crippen molar-refractivity contribution in [1.82, 2.24) is 9.29 Å². The molecule has 7 nitrogen and oxygen atoms in total. The van der Waals surface area contributed by atoms with Crippen LogP contribution in [0.3, 0.4) is 0 Å². The van der Waals surface area contributed by atoms with Crippen LogP contribution in [0.4, 0.5) is 5.69 Å². The molecule has 0 atom stereocenters. The number of aryl methyl sites for hydroxylation is 2. The molecule has 0 saturated carbocycles. The summed E-state index contributed by atoms with van der Waals surface area (Å²) in [5, 5.41) is 12.0. The Kier molecular flexibility index (Phi) is 4.59. The molecule has 118 valence electrons. The number of hydrogen-bond donors (Lipinski definition) is 0. The Morgan fingerprint density at radius 2 is 2.05 bits per heavy atom. The van der Waals surface area contributed by atoms with E-state index in [4.69, 9.17) is 0 Å². The minimum atomic E-state index is -3.95. The molecule has 0 aliphatic heterocycles. The van der Waals surface area contributed by atoms with Crippen molar-refractivity contribution in [3.05, 3.63) is 50.0 Å². The lowest BCUT2D eigenvalue weighted by molar-refractivity contribution is -0.387. The number of benzene rings is 1. The highest BCUT2D eigenvalue weighted by Crippen LogP contribution is 2.28. The topological polar surface area (TPSA) is 93.4 Å². The summed E-state index contributed by atoms with van der Waals surface area (Å²) in [6.07, 6.45) is 1.61. The van der Waals surface area contributed by atoms with Crippen molar-refractivity contribution in [2.45, 2.75) is 25.3 Å². The summed E-state index contributed by atoms with van der Waals surface area (Å²) in [4.78, 5) is 15.0. The van der Waals surface area contributed by atoms with Crippen molar-refractivity contribution < 1.29 is 13.3 Å². The van der Waals surface area contributed by atoms with E-state index in [2.05, 4.69) is 4.98 Å². The SMILES string of the molecule is Cc1ccc(S(=O)(=O)N(C)Cc2cnc(C)s2)c([N+](=O)[O-])c1. The van der Waals surface area contributed by atoms with Crippen molar-refractivity contribution in [3.8, 4) is 0 Å². The van der Waals surface area contributed by atoms with E-state index in [0.29, 0.717) is 5.56 Å². The van der Waals surface area contributed by atoms with Crippen molar-refractivity contribution in [2.24, 2.45) is 0 Å². The zero-order valence-electron chi connectivity index (χ0n) is 12.3. The number of thiazole rings is 1. The van der Waals surface area contributed by atoms with Gasteiger partial charge < -0.3 is 0 Å². The second-order valence-corrected chi connectivity index (χ2v) is 8.17. The van der Waals surface area contributed by atoms with E-state index in [0.717, 1.165) is 14.2 Å². The van der Waals surface area contributed by atoms with Gasteiger partial charge >= 0.3 is 0 Å². The van der Waals surface area contributed by atoms with Crippen LogP contribution in [0.1, 0.15) is 15.4 Å². The quantitative estimate of drug-likeness (QED) is 0.615. The largest absolute Gasteiger partial charge is 0.289 e. The Labute approximate surface area is 132 Å². The minimum absolute atomic E-state index is 0.124. The summed E-state index contributed by atoms with van der Waals surface area (Å²) >= 11 is 1.39. The number of nitrogens with zero attached hydrogens (tertiary/aromatic N) is 3. The van der Waals surface area contributed by atoms with Gasteiger partial charge in [0.1, 0.15) is 0 Å². The van der Waals surface area contributed by atoms with Gasteiger partial charge in [0.2, 0.25) is 10.0 Å². The maximum atomic E-state index is 12.6. The molecule has 0 N–H and O–H groups in total. The van der Waals surface area contributed by atoms with Crippen LogP contribution in [-0.4, -0.2) is 29.7 Å². The van der Waals surface area contributed by atoms with Crippen LogP contribution < -0.4 is 0 Å². The molecule has 9 heteroatoms. The van der Waals surface area contributed by atoms with Gasteiger partial charge in [0, 0.05) is 30.7 Å². The van der Waals surface area contributed by atoms with E-state index >= 15 is 0 Å². The van der Waals surface area contributed by atoms with E-state index in [1.807, 2.05) is 6.92 Å². The molecule has 0 unspecified atom stereocenters. The highest BCUT2D eigenvalue weighted by atomic mass is 32.2. The van der Waals surface area contributed by atoms with Gasteiger partial charge in [0.05, 0.1) is 9.93 Å². The van der Waals surface area contributed by atoms with Crippen LogP contribution in [-0.2, 0) is 16.6 Å². The van der Waals surface area contributed by atoms with Gasteiger partial charge in [-0.3, -0.25) is 10.1 Å². The number of hydrogen-bond acceptors (Lipinski definition) is 6. The molecule has 0 bridgehead atoms. The van der Waals surface area contributed by atoms with Gasteiger partial charge in [-0.25, -0.2) is 13.4 Å². The molecule has 0 aliphatic rings. The predicted octanol–water partition coefficient (Wildman–Crippen LogP) is 2.49. The molecule has 0 spiro atoms. The fraction of sp³-hybridized carbons (Fsp3) is 0.308. The van der Waals surface area contributed by atoms with Crippen LogP contribution in [0.15, 0.2) is 29.3 Å². The molecule has 1 heterocycles. The van der Waals surface area contributed by atoms with Crippen LogP contribution in [0.25, 0.3) is 0 Å². The normalized spacial score (nSPS) is 11.8. The van der Waals surface area contributed by atoms with Crippen molar-refractivity contribution in [3.63, 3.8) is 0 Å². The summed E-state index contributed by atoms with van der Waals surface area (Å²) < 4.78 is 26.3. The molecule has 22 heavy (non-hydrogen) atoms. The first-order valence-corrected chi connectivity index (χ1v) is 8.60. The van der Waals surface area contributed by atoms with Crippen LogP contribution in [0, 0.1) is 24.0 Å².